The minimum Gasteiger partial charge on any atom is -0.409 e. The third kappa shape index (κ3) is 7.16. The molecular formula is C10H23N3O2. The molecule has 0 saturated carbocycles. The molecule has 0 aromatic rings. The number of hydrogen-bond acceptors (Lipinski definition) is 4. The van der Waals surface area contributed by atoms with Crippen molar-refractivity contribution in [3.05, 3.63) is 0 Å². The van der Waals surface area contributed by atoms with Crippen LogP contribution in [0.5, 0.6) is 0 Å². The summed E-state index contributed by atoms with van der Waals surface area (Å²) in [7, 11) is 0. The molecule has 0 aliphatic carbocycles. The Kier molecular flexibility index (Phi) is 9.21. The van der Waals surface area contributed by atoms with E-state index in [0.717, 1.165) is 38.6 Å². The lowest BCUT2D eigenvalue weighted by Crippen LogP contribution is -2.41. The van der Waals surface area contributed by atoms with Gasteiger partial charge in [-0.1, -0.05) is 24.9 Å². The molecule has 0 amide bonds. The smallest absolute Gasteiger partial charge is 0.156 e. The average Bonchev–Trinajstić information content (AvgIpc) is 2.27. The van der Waals surface area contributed by atoms with Crippen LogP contribution in [0.2, 0.25) is 0 Å². The van der Waals surface area contributed by atoms with Gasteiger partial charge in [-0.05, 0) is 25.8 Å². The van der Waals surface area contributed by atoms with E-state index in [1.807, 2.05) is 6.92 Å². The van der Waals surface area contributed by atoms with Gasteiger partial charge >= 0.3 is 0 Å². The van der Waals surface area contributed by atoms with Crippen LogP contribution in [0.1, 0.15) is 39.0 Å². The second-order valence-electron chi connectivity index (χ2n) is 3.58. The SMILES string of the molecule is CCC(NCCCCCCO)C(N)=NO. The van der Waals surface area contributed by atoms with Crippen LogP contribution in [0.25, 0.3) is 0 Å². The van der Waals surface area contributed by atoms with E-state index in [1.165, 1.54) is 0 Å². The molecule has 0 saturated heterocycles. The summed E-state index contributed by atoms with van der Waals surface area (Å²) in [5, 5.41) is 23.3. The molecule has 1 atom stereocenters. The molecule has 5 heteroatoms. The lowest BCUT2D eigenvalue weighted by Gasteiger charge is -2.14. The fraction of sp³-hybridized carbons (Fsp3) is 0.900. The zero-order valence-corrected chi connectivity index (χ0v) is 9.45. The van der Waals surface area contributed by atoms with Gasteiger partial charge < -0.3 is 21.4 Å². The van der Waals surface area contributed by atoms with Crippen molar-refractivity contribution in [3.63, 3.8) is 0 Å². The van der Waals surface area contributed by atoms with Crippen molar-refractivity contribution < 1.29 is 10.3 Å². The van der Waals surface area contributed by atoms with Gasteiger partial charge in [0.15, 0.2) is 5.84 Å². The quantitative estimate of drug-likeness (QED) is 0.150. The number of nitrogens with two attached hydrogens (primary N) is 1. The maximum atomic E-state index is 8.58. The first-order chi connectivity index (χ1) is 7.26. The number of aliphatic hydroxyl groups is 1. The predicted molar refractivity (Wildman–Crippen MR) is 61.0 cm³/mol. The number of aliphatic hydroxyl groups excluding tert-OH is 1. The highest BCUT2D eigenvalue weighted by Gasteiger charge is 2.09. The Morgan fingerprint density at radius 2 is 2.00 bits per heavy atom. The number of nitrogens with one attached hydrogen (secondary N) is 1. The van der Waals surface area contributed by atoms with Gasteiger partial charge in [0.25, 0.3) is 0 Å². The summed E-state index contributed by atoms with van der Waals surface area (Å²) < 4.78 is 0. The van der Waals surface area contributed by atoms with Crippen molar-refractivity contribution in [2.75, 3.05) is 13.2 Å². The summed E-state index contributed by atoms with van der Waals surface area (Å²) in [5.74, 6) is 0.243. The average molecular weight is 217 g/mol. The van der Waals surface area contributed by atoms with Crippen LogP contribution < -0.4 is 11.1 Å². The Labute approximate surface area is 91.4 Å². The molecule has 5 N–H and O–H groups in total. The Hall–Kier alpha value is -0.810. The number of oxime groups is 1. The van der Waals surface area contributed by atoms with Gasteiger partial charge in [0.1, 0.15) is 0 Å². The van der Waals surface area contributed by atoms with Gasteiger partial charge in [-0.25, -0.2) is 0 Å². The Balaban J connectivity index is 3.47. The van der Waals surface area contributed by atoms with Crippen LogP contribution >= 0.6 is 0 Å². The van der Waals surface area contributed by atoms with Crippen LogP contribution in [0.3, 0.4) is 0 Å². The number of amidine groups is 1. The van der Waals surface area contributed by atoms with Crippen LogP contribution in [0.4, 0.5) is 0 Å². The maximum absolute atomic E-state index is 8.58. The van der Waals surface area contributed by atoms with Crippen molar-refractivity contribution in [1.29, 1.82) is 0 Å². The maximum Gasteiger partial charge on any atom is 0.156 e. The molecule has 5 nitrogen and oxygen atoms in total. The molecule has 90 valence electrons. The van der Waals surface area contributed by atoms with Gasteiger partial charge in [0.2, 0.25) is 0 Å². The predicted octanol–water partition coefficient (Wildman–Crippen LogP) is 0.654. The summed E-state index contributed by atoms with van der Waals surface area (Å²) >= 11 is 0. The van der Waals surface area contributed by atoms with E-state index in [4.69, 9.17) is 16.0 Å². The minimum atomic E-state index is -0.0344. The van der Waals surface area contributed by atoms with Gasteiger partial charge in [-0.3, -0.25) is 0 Å². The van der Waals surface area contributed by atoms with Crippen LogP contribution in [0, 0.1) is 0 Å². The molecule has 0 rings (SSSR count). The van der Waals surface area contributed by atoms with Gasteiger partial charge in [0.05, 0.1) is 6.04 Å². The number of unbranched alkanes of at least 4 members (excludes halogenated alkanes) is 3. The summed E-state index contributed by atoms with van der Waals surface area (Å²) in [6.45, 7) is 3.12. The molecule has 0 aliphatic heterocycles. The normalized spacial score (nSPS) is 14.1. The van der Waals surface area contributed by atoms with E-state index in [0.29, 0.717) is 0 Å². The molecule has 0 fully saturated rings. The van der Waals surface area contributed by atoms with Crippen LogP contribution in [-0.4, -0.2) is 35.3 Å². The van der Waals surface area contributed by atoms with Gasteiger partial charge in [-0.2, -0.15) is 0 Å². The molecule has 0 aliphatic rings. The Morgan fingerprint density at radius 1 is 1.33 bits per heavy atom. The van der Waals surface area contributed by atoms with Gasteiger partial charge in [-0.15, -0.1) is 0 Å². The zero-order chi connectivity index (χ0) is 11.5. The summed E-state index contributed by atoms with van der Waals surface area (Å²) in [6.07, 6.45) is 4.89. The van der Waals surface area contributed by atoms with Crippen molar-refractivity contribution in [2.45, 2.75) is 45.1 Å². The fourth-order valence-electron chi connectivity index (χ4n) is 1.39. The van der Waals surface area contributed by atoms with E-state index >= 15 is 0 Å². The highest BCUT2D eigenvalue weighted by molar-refractivity contribution is 5.85. The molecule has 0 bridgehead atoms. The first kappa shape index (κ1) is 14.2. The first-order valence-corrected chi connectivity index (χ1v) is 5.57. The second-order valence-corrected chi connectivity index (χ2v) is 3.58. The van der Waals surface area contributed by atoms with E-state index in [9.17, 15) is 0 Å². The number of rotatable bonds is 9. The monoisotopic (exact) mass is 217 g/mol. The van der Waals surface area contributed by atoms with Crippen molar-refractivity contribution in [1.82, 2.24) is 5.32 Å². The summed E-state index contributed by atoms with van der Waals surface area (Å²) in [4.78, 5) is 0. The summed E-state index contributed by atoms with van der Waals surface area (Å²) in [5.41, 5.74) is 5.49. The van der Waals surface area contributed by atoms with Crippen molar-refractivity contribution in [3.8, 4) is 0 Å². The Bertz CT molecular complexity index is 174. The van der Waals surface area contributed by atoms with Gasteiger partial charge in [0, 0.05) is 6.61 Å². The van der Waals surface area contributed by atoms with E-state index in [-0.39, 0.29) is 18.5 Å². The highest BCUT2D eigenvalue weighted by Crippen LogP contribution is 1.99. The summed E-state index contributed by atoms with van der Waals surface area (Å²) in [6, 6.07) is -0.0344. The van der Waals surface area contributed by atoms with Crippen LogP contribution in [-0.2, 0) is 0 Å². The molecule has 0 radical (unpaired) electrons. The zero-order valence-electron chi connectivity index (χ0n) is 9.45. The molecule has 0 spiro atoms. The second kappa shape index (κ2) is 9.73. The van der Waals surface area contributed by atoms with E-state index in [1.54, 1.807) is 0 Å². The molecule has 15 heavy (non-hydrogen) atoms. The third-order valence-corrected chi connectivity index (χ3v) is 2.36. The minimum absolute atomic E-state index is 0.0344. The van der Waals surface area contributed by atoms with E-state index in [2.05, 4.69) is 10.5 Å². The molecule has 0 aromatic heterocycles. The lowest BCUT2D eigenvalue weighted by molar-refractivity contribution is 0.282. The van der Waals surface area contributed by atoms with Crippen molar-refractivity contribution in [2.24, 2.45) is 10.9 Å². The van der Waals surface area contributed by atoms with Crippen LogP contribution in [0.15, 0.2) is 5.16 Å². The topological polar surface area (TPSA) is 90.9 Å². The number of nitrogens with zero attached hydrogens (tertiary/aromatic N) is 1. The number of hydrogen-bond donors (Lipinski definition) is 4. The third-order valence-electron chi connectivity index (χ3n) is 2.36. The Morgan fingerprint density at radius 3 is 2.53 bits per heavy atom. The molecule has 0 heterocycles. The highest BCUT2D eigenvalue weighted by atomic mass is 16.4. The van der Waals surface area contributed by atoms with E-state index < -0.39 is 0 Å². The molecular weight excluding hydrogens is 194 g/mol. The van der Waals surface area contributed by atoms with Crippen molar-refractivity contribution >= 4 is 5.84 Å². The molecule has 0 aromatic carbocycles. The standard InChI is InChI=1S/C10H23N3O2/c1-2-9(10(11)13-15)12-7-5-3-4-6-8-14/h9,12,14-15H,2-8H2,1H3,(H2,11,13). The lowest BCUT2D eigenvalue weighted by atomic mass is 10.1. The largest absolute Gasteiger partial charge is 0.409 e. The molecule has 1 unspecified atom stereocenters. The fourth-order valence-corrected chi connectivity index (χ4v) is 1.39. The first-order valence-electron chi connectivity index (χ1n) is 5.57.